The predicted octanol–water partition coefficient (Wildman–Crippen LogP) is 3.32. The summed E-state index contributed by atoms with van der Waals surface area (Å²) in [5.41, 5.74) is 12.1. The molecule has 0 saturated carbocycles. The van der Waals surface area contributed by atoms with Gasteiger partial charge in [0.2, 0.25) is 0 Å². The lowest BCUT2D eigenvalue weighted by atomic mass is 10.2. The van der Waals surface area contributed by atoms with Crippen molar-refractivity contribution in [1.29, 1.82) is 0 Å². The zero-order valence-electron chi connectivity index (χ0n) is 16.8. The molecular weight excluding hydrogens is 390 g/mol. The molecule has 0 aliphatic carbocycles. The van der Waals surface area contributed by atoms with Gasteiger partial charge in [0.25, 0.3) is 0 Å². The summed E-state index contributed by atoms with van der Waals surface area (Å²) in [7, 11) is 0. The Morgan fingerprint density at radius 2 is 1.74 bits per heavy atom. The number of pyridine rings is 2. The zero-order chi connectivity index (χ0) is 21.4. The Balaban J connectivity index is 1.77. The van der Waals surface area contributed by atoms with Gasteiger partial charge in [0.1, 0.15) is 17.0 Å². The van der Waals surface area contributed by atoms with Crippen molar-refractivity contribution in [3.8, 4) is 28.5 Å². The first-order chi connectivity index (χ1) is 15.1. The third-order valence-electron chi connectivity index (χ3n) is 5.00. The van der Waals surface area contributed by atoms with Crippen LogP contribution in [0.3, 0.4) is 0 Å². The average Bonchev–Trinajstić information content (AvgIpc) is 3.18. The van der Waals surface area contributed by atoms with E-state index in [0.717, 1.165) is 16.9 Å². The van der Waals surface area contributed by atoms with Gasteiger partial charge in [-0.25, -0.2) is 15.0 Å². The van der Waals surface area contributed by atoms with Crippen molar-refractivity contribution in [2.24, 2.45) is 0 Å². The van der Waals surface area contributed by atoms with Crippen LogP contribution in [0.2, 0.25) is 0 Å². The normalized spacial score (nSPS) is 11.2. The minimum Gasteiger partial charge on any atom is -0.392 e. The summed E-state index contributed by atoms with van der Waals surface area (Å²) in [5.74, 6) is 1.02. The summed E-state index contributed by atoms with van der Waals surface area (Å²) in [4.78, 5) is 22.7. The number of aliphatic hydroxyl groups is 1. The van der Waals surface area contributed by atoms with E-state index in [2.05, 4.69) is 15.0 Å². The van der Waals surface area contributed by atoms with Crippen LogP contribution in [-0.4, -0.2) is 34.6 Å². The van der Waals surface area contributed by atoms with E-state index in [9.17, 15) is 5.11 Å². The Hall–Kier alpha value is -4.17. The molecule has 0 saturated heterocycles. The van der Waals surface area contributed by atoms with Gasteiger partial charge in [0.05, 0.1) is 29.8 Å². The molecule has 0 aliphatic heterocycles. The van der Waals surface area contributed by atoms with E-state index in [-0.39, 0.29) is 6.61 Å². The standard InChI is InChI=1S/C23H19N7O/c1-14-11-27-20(12-26-14)18-8-9-19-23(28-18)30(16-6-4-15(13-31)5-7-16)22(29-19)17-3-2-10-25-21(17)24/h2-12,31H,13H2,1H3,(H2,24,25). The highest BCUT2D eigenvalue weighted by atomic mass is 16.3. The van der Waals surface area contributed by atoms with Crippen molar-refractivity contribution in [3.63, 3.8) is 0 Å². The fourth-order valence-electron chi connectivity index (χ4n) is 3.41. The molecule has 0 radical (unpaired) electrons. The fourth-order valence-corrected chi connectivity index (χ4v) is 3.41. The third-order valence-corrected chi connectivity index (χ3v) is 5.00. The molecule has 8 heteroatoms. The largest absolute Gasteiger partial charge is 0.392 e. The lowest BCUT2D eigenvalue weighted by Crippen LogP contribution is -2.02. The number of rotatable bonds is 4. The monoisotopic (exact) mass is 409 g/mol. The molecule has 5 rings (SSSR count). The fraction of sp³-hybridized carbons (Fsp3) is 0.0870. The highest BCUT2D eigenvalue weighted by Gasteiger charge is 2.18. The number of nitrogens with zero attached hydrogens (tertiary/aromatic N) is 6. The van der Waals surface area contributed by atoms with Gasteiger partial charge >= 0.3 is 0 Å². The molecule has 8 nitrogen and oxygen atoms in total. The van der Waals surface area contributed by atoms with E-state index < -0.39 is 0 Å². The molecule has 1 aromatic carbocycles. The lowest BCUT2D eigenvalue weighted by Gasteiger charge is -2.11. The number of imidazole rings is 1. The highest BCUT2D eigenvalue weighted by molar-refractivity contribution is 5.84. The minimum atomic E-state index is -0.0259. The molecule has 0 amide bonds. The van der Waals surface area contributed by atoms with Crippen LogP contribution in [0.4, 0.5) is 5.82 Å². The van der Waals surface area contributed by atoms with Crippen LogP contribution in [0, 0.1) is 6.92 Å². The van der Waals surface area contributed by atoms with Crippen LogP contribution in [0.5, 0.6) is 0 Å². The molecule has 3 N–H and O–H groups in total. The van der Waals surface area contributed by atoms with Crippen LogP contribution in [0.1, 0.15) is 11.3 Å². The molecule has 4 heterocycles. The Morgan fingerprint density at radius 3 is 2.45 bits per heavy atom. The number of nitrogens with two attached hydrogens (primary N) is 1. The van der Waals surface area contributed by atoms with Crippen molar-refractivity contribution in [3.05, 3.63) is 78.4 Å². The van der Waals surface area contributed by atoms with Crippen molar-refractivity contribution in [1.82, 2.24) is 29.5 Å². The van der Waals surface area contributed by atoms with Crippen molar-refractivity contribution < 1.29 is 5.11 Å². The van der Waals surface area contributed by atoms with Crippen molar-refractivity contribution in [2.45, 2.75) is 13.5 Å². The first-order valence-corrected chi connectivity index (χ1v) is 9.73. The average molecular weight is 409 g/mol. The van der Waals surface area contributed by atoms with Crippen molar-refractivity contribution >= 4 is 17.0 Å². The minimum absolute atomic E-state index is 0.0259. The van der Waals surface area contributed by atoms with Gasteiger partial charge in [-0.1, -0.05) is 12.1 Å². The molecule has 0 fully saturated rings. The number of fused-ring (bicyclic) bond motifs is 1. The van der Waals surface area contributed by atoms with E-state index >= 15 is 0 Å². The quantitative estimate of drug-likeness (QED) is 0.468. The van der Waals surface area contributed by atoms with Crippen molar-refractivity contribution in [2.75, 3.05) is 5.73 Å². The van der Waals surface area contributed by atoms with Gasteiger partial charge in [-0.2, -0.15) is 0 Å². The van der Waals surface area contributed by atoms with Gasteiger partial charge in [-0.05, 0) is 48.9 Å². The van der Waals surface area contributed by atoms with Gasteiger partial charge in [-0.15, -0.1) is 0 Å². The summed E-state index contributed by atoms with van der Waals surface area (Å²) in [6.45, 7) is 1.87. The predicted molar refractivity (Wildman–Crippen MR) is 118 cm³/mol. The summed E-state index contributed by atoms with van der Waals surface area (Å²) in [5, 5.41) is 9.41. The second-order valence-corrected chi connectivity index (χ2v) is 7.11. The van der Waals surface area contributed by atoms with Gasteiger partial charge < -0.3 is 10.8 Å². The smallest absolute Gasteiger partial charge is 0.165 e. The number of hydrogen-bond acceptors (Lipinski definition) is 7. The second kappa shape index (κ2) is 7.58. The SMILES string of the molecule is Cc1cnc(-c2ccc3nc(-c4cccnc4N)n(-c4ccc(CO)cc4)c3n2)cn1. The highest BCUT2D eigenvalue weighted by Crippen LogP contribution is 2.31. The van der Waals surface area contributed by atoms with Gasteiger partial charge in [0.15, 0.2) is 11.5 Å². The van der Waals surface area contributed by atoms with Crippen LogP contribution in [0.15, 0.2) is 67.1 Å². The second-order valence-electron chi connectivity index (χ2n) is 7.11. The maximum atomic E-state index is 9.41. The summed E-state index contributed by atoms with van der Waals surface area (Å²) >= 11 is 0. The van der Waals surface area contributed by atoms with E-state index in [1.54, 1.807) is 18.6 Å². The number of aryl methyl sites for hydroxylation is 1. The Kier molecular flexibility index (Phi) is 4.61. The molecule has 0 aliphatic rings. The van der Waals surface area contributed by atoms with Crippen LogP contribution < -0.4 is 5.73 Å². The molecular formula is C23H19N7O. The maximum Gasteiger partial charge on any atom is 0.165 e. The number of benzene rings is 1. The molecule has 152 valence electrons. The van der Waals surface area contributed by atoms with Crippen LogP contribution in [-0.2, 0) is 6.61 Å². The molecule has 5 aromatic rings. The molecule has 0 bridgehead atoms. The molecule has 0 spiro atoms. The summed E-state index contributed by atoms with van der Waals surface area (Å²) in [6, 6.07) is 15.1. The Bertz CT molecular complexity index is 1380. The molecule has 0 atom stereocenters. The number of hydrogen-bond donors (Lipinski definition) is 2. The Labute approximate surface area is 178 Å². The van der Waals surface area contributed by atoms with E-state index in [4.69, 9.17) is 15.7 Å². The number of aromatic nitrogens is 6. The topological polar surface area (TPSA) is 116 Å². The van der Waals surface area contributed by atoms with Gasteiger partial charge in [-0.3, -0.25) is 14.5 Å². The zero-order valence-corrected chi connectivity index (χ0v) is 16.8. The van der Waals surface area contributed by atoms with Crippen LogP contribution in [0.25, 0.3) is 39.6 Å². The van der Waals surface area contributed by atoms with Crippen LogP contribution >= 0.6 is 0 Å². The molecule has 0 unspecified atom stereocenters. The maximum absolute atomic E-state index is 9.41. The van der Waals surface area contributed by atoms with Gasteiger partial charge in [0, 0.05) is 18.1 Å². The van der Waals surface area contributed by atoms with E-state index in [1.165, 1.54) is 0 Å². The van der Waals surface area contributed by atoms with E-state index in [0.29, 0.717) is 39.8 Å². The first-order valence-electron chi connectivity index (χ1n) is 9.73. The first kappa shape index (κ1) is 18.8. The Morgan fingerprint density at radius 1 is 0.903 bits per heavy atom. The lowest BCUT2D eigenvalue weighted by molar-refractivity contribution is 0.282. The number of anilines is 1. The molecule has 4 aromatic heterocycles. The summed E-state index contributed by atoms with van der Waals surface area (Å²) in [6.07, 6.45) is 5.07. The summed E-state index contributed by atoms with van der Waals surface area (Å²) < 4.78 is 1.94. The molecule has 31 heavy (non-hydrogen) atoms. The van der Waals surface area contributed by atoms with E-state index in [1.807, 2.05) is 60.0 Å². The number of nitrogen functional groups attached to an aromatic ring is 1. The number of aliphatic hydroxyl groups excluding tert-OH is 1. The third kappa shape index (κ3) is 3.38.